The minimum absolute atomic E-state index is 0.110. The van der Waals surface area contributed by atoms with Gasteiger partial charge in [-0.3, -0.25) is 4.79 Å². The molecule has 4 rings (SSSR count). The highest BCUT2D eigenvalue weighted by Gasteiger charge is 2.64. The first-order valence-corrected chi connectivity index (χ1v) is 13.1. The summed E-state index contributed by atoms with van der Waals surface area (Å²) in [6.45, 7) is 7.68. The smallest absolute Gasteiger partial charge is 0.475 e. The highest BCUT2D eigenvalue weighted by molar-refractivity contribution is 5.84. The molecule has 0 aromatic heterocycles. The van der Waals surface area contributed by atoms with E-state index in [1.807, 2.05) is 19.0 Å². The van der Waals surface area contributed by atoms with Crippen molar-refractivity contribution in [2.24, 2.45) is 22.7 Å². The zero-order valence-electron chi connectivity index (χ0n) is 23.0. The van der Waals surface area contributed by atoms with Crippen molar-refractivity contribution in [2.75, 3.05) is 67.1 Å². The van der Waals surface area contributed by atoms with Crippen LogP contribution >= 0.6 is 0 Å². The first kappa shape index (κ1) is 34.1. The number of ether oxygens (including phenoxy) is 1. The zero-order chi connectivity index (χ0) is 30.5. The third-order valence-electron chi connectivity index (χ3n) is 8.55. The van der Waals surface area contributed by atoms with Gasteiger partial charge in [0, 0.05) is 46.9 Å². The number of aliphatic carboxylic acids is 2. The van der Waals surface area contributed by atoms with Gasteiger partial charge in [-0.1, -0.05) is 0 Å². The summed E-state index contributed by atoms with van der Waals surface area (Å²) in [4.78, 5) is 37.9. The van der Waals surface area contributed by atoms with Crippen LogP contribution in [0.3, 0.4) is 0 Å². The lowest BCUT2D eigenvalue weighted by atomic mass is 9.65. The topological polar surface area (TPSA) is 111 Å². The molecule has 2 atom stereocenters. The Bertz CT molecular complexity index is 861. The number of piperidine rings is 1. The number of nitrogens with zero attached hydrogens (tertiary/aromatic N) is 3. The summed E-state index contributed by atoms with van der Waals surface area (Å²) in [6.07, 6.45) is -2.77. The number of rotatable bonds is 3. The fourth-order valence-corrected chi connectivity index (χ4v) is 6.66. The van der Waals surface area contributed by atoms with E-state index in [1.165, 1.54) is 51.7 Å². The number of likely N-dealkylation sites (tertiary alicyclic amines) is 2. The standard InChI is InChI=1S/C21H37N3O2.2C2HF3O2/c1-22(2)19(25)21-7-6-20(18(21)15-23(3)16-21)8-10-24(11-9-20)14-17-4-12-26-13-5-17;2*3-2(4,5)1(6)7/h17-18H,4-16H2,1-3H3;2*(H,6,7)/t18-,21+;;/m0../s1. The van der Waals surface area contributed by atoms with Crippen LogP contribution in [0, 0.1) is 22.7 Å². The summed E-state index contributed by atoms with van der Waals surface area (Å²) in [5.41, 5.74) is 0.295. The number of halogens is 6. The van der Waals surface area contributed by atoms with Gasteiger partial charge in [0.15, 0.2) is 0 Å². The largest absolute Gasteiger partial charge is 0.490 e. The molecular formula is C25H39F6N3O6. The number of carbonyl (C=O) groups excluding carboxylic acids is 1. The minimum atomic E-state index is -5.08. The van der Waals surface area contributed by atoms with Crippen molar-refractivity contribution in [3.05, 3.63) is 0 Å². The van der Waals surface area contributed by atoms with Crippen molar-refractivity contribution in [3.63, 3.8) is 0 Å². The van der Waals surface area contributed by atoms with Crippen molar-refractivity contribution in [2.45, 2.75) is 50.9 Å². The number of hydrogen-bond donors (Lipinski definition) is 2. The number of hydrogen-bond acceptors (Lipinski definition) is 6. The maximum absolute atomic E-state index is 13.1. The van der Waals surface area contributed by atoms with E-state index in [4.69, 9.17) is 24.5 Å². The molecule has 4 aliphatic rings. The van der Waals surface area contributed by atoms with Crippen LogP contribution in [-0.2, 0) is 19.1 Å². The number of amides is 1. The fraction of sp³-hybridized carbons (Fsp3) is 0.880. The quantitative estimate of drug-likeness (QED) is 0.482. The van der Waals surface area contributed by atoms with Gasteiger partial charge in [-0.15, -0.1) is 0 Å². The molecule has 0 aromatic rings. The van der Waals surface area contributed by atoms with Crippen molar-refractivity contribution in [1.29, 1.82) is 0 Å². The molecule has 3 saturated heterocycles. The highest BCUT2D eigenvalue weighted by atomic mass is 19.4. The SMILES string of the molecule is CN1C[C@H]2C3(CCN(CC4CCOCC4)CC3)CC[C@@]2(C(=O)N(C)C)C1.O=C(O)C(F)(F)F.O=C(O)C(F)(F)F. The van der Waals surface area contributed by atoms with Gasteiger partial charge in [-0.25, -0.2) is 9.59 Å². The van der Waals surface area contributed by atoms with Gasteiger partial charge in [0.05, 0.1) is 5.41 Å². The van der Waals surface area contributed by atoms with Crippen molar-refractivity contribution in [1.82, 2.24) is 14.7 Å². The van der Waals surface area contributed by atoms with Crippen LogP contribution in [0.25, 0.3) is 0 Å². The number of carbonyl (C=O) groups is 3. The molecule has 2 N–H and O–H groups in total. The number of carboxylic acids is 2. The summed E-state index contributed by atoms with van der Waals surface area (Å²) >= 11 is 0. The third-order valence-corrected chi connectivity index (χ3v) is 8.55. The van der Waals surface area contributed by atoms with Crippen LogP contribution in [0.1, 0.15) is 38.5 Å². The number of fused-ring (bicyclic) bond motifs is 2. The summed E-state index contributed by atoms with van der Waals surface area (Å²) in [6, 6.07) is 0. The van der Waals surface area contributed by atoms with Crippen molar-refractivity contribution < 1.29 is 55.7 Å². The predicted molar refractivity (Wildman–Crippen MR) is 130 cm³/mol. The van der Waals surface area contributed by atoms with Crippen LogP contribution in [-0.4, -0.2) is 122 Å². The third kappa shape index (κ3) is 8.44. The first-order chi connectivity index (χ1) is 18.3. The molecule has 4 fully saturated rings. The molecule has 15 heteroatoms. The fourth-order valence-electron chi connectivity index (χ4n) is 6.66. The lowest BCUT2D eigenvalue weighted by Gasteiger charge is -2.45. The zero-order valence-corrected chi connectivity index (χ0v) is 23.0. The monoisotopic (exact) mass is 591 g/mol. The lowest BCUT2D eigenvalue weighted by Crippen LogP contribution is -2.49. The summed E-state index contributed by atoms with van der Waals surface area (Å²) in [5, 5.41) is 14.2. The van der Waals surface area contributed by atoms with E-state index in [2.05, 4.69) is 16.8 Å². The molecule has 3 heterocycles. The summed E-state index contributed by atoms with van der Waals surface area (Å²) in [5.74, 6) is -3.75. The Morgan fingerprint density at radius 2 is 1.38 bits per heavy atom. The normalized spacial score (nSPS) is 27.2. The second-order valence-corrected chi connectivity index (χ2v) is 11.4. The molecule has 232 valence electrons. The number of alkyl halides is 6. The molecule has 1 spiro atoms. The molecule has 3 aliphatic heterocycles. The predicted octanol–water partition coefficient (Wildman–Crippen LogP) is 3.19. The summed E-state index contributed by atoms with van der Waals surface area (Å²) < 4.78 is 69.0. The Morgan fingerprint density at radius 1 is 0.900 bits per heavy atom. The second kappa shape index (κ2) is 13.2. The van der Waals surface area contributed by atoms with Gasteiger partial charge in [0.1, 0.15) is 0 Å². The van der Waals surface area contributed by atoms with Gasteiger partial charge in [-0.2, -0.15) is 26.3 Å². The molecule has 1 saturated carbocycles. The van der Waals surface area contributed by atoms with Crippen LogP contribution in [0.15, 0.2) is 0 Å². The lowest BCUT2D eigenvalue weighted by molar-refractivity contribution is -0.193. The molecular weight excluding hydrogens is 552 g/mol. The average molecular weight is 592 g/mol. The van der Waals surface area contributed by atoms with Crippen LogP contribution in [0.4, 0.5) is 26.3 Å². The molecule has 0 aromatic carbocycles. The van der Waals surface area contributed by atoms with Crippen molar-refractivity contribution >= 4 is 17.8 Å². The van der Waals surface area contributed by atoms with Crippen LogP contribution in [0.5, 0.6) is 0 Å². The van der Waals surface area contributed by atoms with E-state index in [1.54, 1.807) is 0 Å². The Kier molecular flexibility index (Phi) is 11.3. The Labute approximate surface area is 229 Å². The van der Waals surface area contributed by atoms with Crippen LogP contribution in [0.2, 0.25) is 0 Å². The maximum atomic E-state index is 13.1. The molecule has 1 aliphatic carbocycles. The Balaban J connectivity index is 0.000000333. The molecule has 1 amide bonds. The Hall–Kier alpha value is -2.13. The van der Waals surface area contributed by atoms with Gasteiger partial charge in [0.25, 0.3) is 0 Å². The molecule has 40 heavy (non-hydrogen) atoms. The average Bonchev–Trinajstić information content (AvgIpc) is 3.34. The van der Waals surface area contributed by atoms with Gasteiger partial charge >= 0.3 is 24.3 Å². The van der Waals surface area contributed by atoms with E-state index in [9.17, 15) is 31.1 Å². The summed E-state index contributed by atoms with van der Waals surface area (Å²) in [7, 11) is 6.08. The van der Waals surface area contributed by atoms with E-state index >= 15 is 0 Å². The minimum Gasteiger partial charge on any atom is -0.475 e. The molecule has 0 radical (unpaired) electrons. The van der Waals surface area contributed by atoms with E-state index in [0.29, 0.717) is 17.2 Å². The molecule has 0 unspecified atom stereocenters. The molecule has 0 bridgehead atoms. The van der Waals surface area contributed by atoms with Gasteiger partial charge in [-0.05, 0) is 75.9 Å². The molecule has 9 nitrogen and oxygen atoms in total. The van der Waals surface area contributed by atoms with Crippen molar-refractivity contribution in [3.8, 4) is 0 Å². The van der Waals surface area contributed by atoms with E-state index in [0.717, 1.165) is 38.6 Å². The Morgan fingerprint density at radius 3 is 1.80 bits per heavy atom. The van der Waals surface area contributed by atoms with E-state index in [-0.39, 0.29) is 5.41 Å². The van der Waals surface area contributed by atoms with Gasteiger partial charge < -0.3 is 29.6 Å². The second-order valence-electron chi connectivity index (χ2n) is 11.4. The number of carboxylic acid groups (broad SMARTS) is 2. The van der Waals surface area contributed by atoms with Gasteiger partial charge in [0.2, 0.25) is 5.91 Å². The van der Waals surface area contributed by atoms with E-state index < -0.39 is 24.3 Å². The highest BCUT2D eigenvalue weighted by Crippen LogP contribution is 2.62. The van der Waals surface area contributed by atoms with Crippen LogP contribution < -0.4 is 0 Å². The maximum Gasteiger partial charge on any atom is 0.490 e. The first-order valence-electron chi connectivity index (χ1n) is 13.1.